The summed E-state index contributed by atoms with van der Waals surface area (Å²) in [6.07, 6.45) is 1.31. The van der Waals surface area contributed by atoms with Crippen molar-refractivity contribution in [3.05, 3.63) is 54.1 Å². The first-order valence-corrected chi connectivity index (χ1v) is 8.27. The van der Waals surface area contributed by atoms with Crippen LogP contribution in [0.5, 0.6) is 5.75 Å². The number of amides is 3. The summed E-state index contributed by atoms with van der Waals surface area (Å²) in [5, 5.41) is 2.75. The van der Waals surface area contributed by atoms with Gasteiger partial charge < -0.3 is 20.7 Å². The number of nitrogens with one attached hydrogen (secondary N) is 1. The minimum absolute atomic E-state index is 0.0401. The monoisotopic (exact) mass is 353 g/mol. The molecule has 1 saturated heterocycles. The molecule has 0 bridgehead atoms. The van der Waals surface area contributed by atoms with E-state index in [1.54, 1.807) is 41.3 Å². The number of rotatable bonds is 6. The number of nitrogens with zero attached hydrogens (tertiary/aromatic N) is 1. The zero-order valence-electron chi connectivity index (χ0n) is 14.1. The second-order valence-corrected chi connectivity index (χ2v) is 5.86. The highest BCUT2D eigenvalue weighted by Gasteiger charge is 2.24. The lowest BCUT2D eigenvalue weighted by Crippen LogP contribution is -2.27. The molecule has 1 heterocycles. The van der Waals surface area contributed by atoms with Crippen molar-refractivity contribution in [2.75, 3.05) is 23.4 Å². The van der Waals surface area contributed by atoms with Crippen LogP contribution < -0.4 is 20.7 Å². The second-order valence-electron chi connectivity index (χ2n) is 5.86. The highest BCUT2D eigenvalue weighted by atomic mass is 16.5. The third-order valence-electron chi connectivity index (χ3n) is 4.05. The van der Waals surface area contributed by atoms with Crippen molar-refractivity contribution in [1.29, 1.82) is 0 Å². The van der Waals surface area contributed by atoms with Crippen LogP contribution in [-0.2, 0) is 9.59 Å². The summed E-state index contributed by atoms with van der Waals surface area (Å²) >= 11 is 0. The minimum atomic E-state index is -0.626. The van der Waals surface area contributed by atoms with Crippen molar-refractivity contribution < 1.29 is 19.1 Å². The summed E-state index contributed by atoms with van der Waals surface area (Å²) in [4.78, 5) is 37.3. The number of nitrogens with two attached hydrogens (primary N) is 1. The van der Waals surface area contributed by atoms with Crippen LogP contribution in [0.1, 0.15) is 23.2 Å². The fourth-order valence-electron chi connectivity index (χ4n) is 2.84. The second kappa shape index (κ2) is 7.69. The first-order chi connectivity index (χ1) is 12.6. The van der Waals surface area contributed by atoms with E-state index in [2.05, 4.69) is 5.32 Å². The molecule has 2 aromatic rings. The smallest absolute Gasteiger partial charge is 0.262 e. The van der Waals surface area contributed by atoms with Gasteiger partial charge in [-0.3, -0.25) is 14.4 Å². The standard InChI is InChI=1S/C19H19N3O4/c20-19(25)13-6-1-4-9-16(13)26-12-17(23)21-14-7-2-3-8-15(14)22-11-5-10-18(22)24/h1-4,6-9H,5,10-12H2,(H2,20,25)(H,21,23). The van der Waals surface area contributed by atoms with Gasteiger partial charge in [0.1, 0.15) is 5.75 Å². The number of carbonyl (C=O) groups excluding carboxylic acids is 3. The molecule has 2 aromatic carbocycles. The Bertz CT molecular complexity index is 850. The lowest BCUT2D eigenvalue weighted by atomic mass is 10.2. The predicted molar refractivity (Wildman–Crippen MR) is 97.1 cm³/mol. The molecule has 134 valence electrons. The van der Waals surface area contributed by atoms with Gasteiger partial charge in [-0.05, 0) is 30.7 Å². The zero-order valence-corrected chi connectivity index (χ0v) is 14.1. The van der Waals surface area contributed by atoms with Gasteiger partial charge in [0.2, 0.25) is 5.91 Å². The van der Waals surface area contributed by atoms with E-state index >= 15 is 0 Å². The average molecular weight is 353 g/mol. The molecule has 26 heavy (non-hydrogen) atoms. The lowest BCUT2D eigenvalue weighted by molar-refractivity contribution is -0.118. The molecule has 0 unspecified atom stereocenters. The van der Waals surface area contributed by atoms with Gasteiger partial charge in [-0.25, -0.2) is 0 Å². The lowest BCUT2D eigenvalue weighted by Gasteiger charge is -2.20. The molecule has 0 aromatic heterocycles. The Morgan fingerprint density at radius 2 is 1.85 bits per heavy atom. The molecule has 7 heteroatoms. The molecule has 3 N–H and O–H groups in total. The Morgan fingerprint density at radius 1 is 1.12 bits per heavy atom. The number of anilines is 2. The molecule has 3 rings (SSSR count). The van der Waals surface area contributed by atoms with Crippen LogP contribution in [0.2, 0.25) is 0 Å². The van der Waals surface area contributed by atoms with Crippen molar-refractivity contribution in [2.24, 2.45) is 5.73 Å². The molecular formula is C19H19N3O4. The molecule has 1 fully saturated rings. The van der Waals surface area contributed by atoms with E-state index in [4.69, 9.17) is 10.5 Å². The first-order valence-electron chi connectivity index (χ1n) is 8.27. The van der Waals surface area contributed by atoms with Crippen molar-refractivity contribution in [2.45, 2.75) is 12.8 Å². The number of para-hydroxylation sites is 3. The summed E-state index contributed by atoms with van der Waals surface area (Å²) in [5.41, 5.74) is 6.71. The third-order valence-corrected chi connectivity index (χ3v) is 4.05. The minimum Gasteiger partial charge on any atom is -0.483 e. The third kappa shape index (κ3) is 3.83. The van der Waals surface area contributed by atoms with Crippen molar-refractivity contribution in [1.82, 2.24) is 0 Å². The van der Waals surface area contributed by atoms with E-state index in [-0.39, 0.29) is 23.8 Å². The highest BCUT2D eigenvalue weighted by Crippen LogP contribution is 2.29. The van der Waals surface area contributed by atoms with E-state index in [9.17, 15) is 14.4 Å². The highest BCUT2D eigenvalue weighted by molar-refractivity contribution is 6.02. The quantitative estimate of drug-likeness (QED) is 0.828. The van der Waals surface area contributed by atoms with Gasteiger partial charge in [0.25, 0.3) is 11.8 Å². The maximum atomic E-state index is 12.3. The maximum Gasteiger partial charge on any atom is 0.262 e. The van der Waals surface area contributed by atoms with Crippen molar-refractivity contribution in [3.8, 4) is 5.75 Å². The van der Waals surface area contributed by atoms with Gasteiger partial charge in [0, 0.05) is 13.0 Å². The van der Waals surface area contributed by atoms with Crippen LogP contribution in [0.15, 0.2) is 48.5 Å². The van der Waals surface area contributed by atoms with E-state index in [1.807, 2.05) is 6.07 Å². The van der Waals surface area contributed by atoms with E-state index < -0.39 is 11.8 Å². The average Bonchev–Trinajstić information content (AvgIpc) is 3.06. The largest absolute Gasteiger partial charge is 0.483 e. The molecule has 0 saturated carbocycles. The zero-order chi connectivity index (χ0) is 18.5. The van der Waals surface area contributed by atoms with E-state index in [0.29, 0.717) is 24.3 Å². The Labute approximate surface area is 150 Å². The number of ether oxygens (including phenoxy) is 1. The van der Waals surface area contributed by atoms with Crippen LogP contribution in [0.4, 0.5) is 11.4 Å². The summed E-state index contributed by atoms with van der Waals surface area (Å²) in [6, 6.07) is 13.6. The maximum absolute atomic E-state index is 12.3. The Morgan fingerprint density at radius 3 is 2.58 bits per heavy atom. The first kappa shape index (κ1) is 17.5. The molecule has 3 amide bonds. The van der Waals surface area contributed by atoms with Crippen molar-refractivity contribution in [3.63, 3.8) is 0 Å². The van der Waals surface area contributed by atoms with Gasteiger partial charge in [-0.1, -0.05) is 24.3 Å². The summed E-state index contributed by atoms with van der Waals surface area (Å²) in [5.74, 6) is -0.737. The molecule has 0 atom stereocenters. The number of benzene rings is 2. The number of primary amides is 1. The van der Waals surface area contributed by atoms with E-state index in [1.165, 1.54) is 6.07 Å². The predicted octanol–water partition coefficient (Wildman–Crippen LogP) is 1.93. The number of carbonyl (C=O) groups is 3. The van der Waals surface area contributed by atoms with Crippen molar-refractivity contribution >= 4 is 29.1 Å². The SMILES string of the molecule is NC(=O)c1ccccc1OCC(=O)Nc1ccccc1N1CCCC1=O. The fourth-order valence-corrected chi connectivity index (χ4v) is 2.84. The normalized spacial score (nSPS) is 13.5. The number of hydrogen-bond acceptors (Lipinski definition) is 4. The molecular weight excluding hydrogens is 334 g/mol. The molecule has 0 spiro atoms. The molecule has 1 aliphatic rings. The molecule has 0 radical (unpaired) electrons. The Balaban J connectivity index is 1.68. The molecule has 0 aliphatic carbocycles. The van der Waals surface area contributed by atoms with Gasteiger partial charge in [-0.15, -0.1) is 0 Å². The van der Waals surface area contributed by atoms with Gasteiger partial charge in [0.15, 0.2) is 6.61 Å². The summed E-state index contributed by atoms with van der Waals surface area (Å²) < 4.78 is 5.43. The van der Waals surface area contributed by atoms with E-state index in [0.717, 1.165) is 6.42 Å². The number of hydrogen-bond donors (Lipinski definition) is 2. The molecule has 1 aliphatic heterocycles. The summed E-state index contributed by atoms with van der Waals surface area (Å²) in [7, 11) is 0. The van der Waals surface area contributed by atoms with Gasteiger partial charge in [0.05, 0.1) is 16.9 Å². The van der Waals surface area contributed by atoms with Crippen LogP contribution in [0.25, 0.3) is 0 Å². The van der Waals surface area contributed by atoms with Gasteiger partial charge in [-0.2, -0.15) is 0 Å². The van der Waals surface area contributed by atoms with Crippen LogP contribution >= 0.6 is 0 Å². The topological polar surface area (TPSA) is 102 Å². The van der Waals surface area contributed by atoms with Crippen LogP contribution in [-0.4, -0.2) is 30.9 Å². The van der Waals surface area contributed by atoms with Gasteiger partial charge >= 0.3 is 0 Å². The Hall–Kier alpha value is -3.35. The van der Waals surface area contributed by atoms with Crippen LogP contribution in [0.3, 0.4) is 0 Å². The van der Waals surface area contributed by atoms with Crippen LogP contribution in [0, 0.1) is 0 Å². The Kier molecular flexibility index (Phi) is 5.17. The fraction of sp³-hybridized carbons (Fsp3) is 0.211. The summed E-state index contributed by atoms with van der Waals surface area (Å²) in [6.45, 7) is 0.348. The molecule has 7 nitrogen and oxygen atoms in total.